The van der Waals surface area contributed by atoms with Crippen molar-refractivity contribution >= 4 is 11.5 Å². The summed E-state index contributed by atoms with van der Waals surface area (Å²) in [4.78, 5) is 11.2. The van der Waals surface area contributed by atoms with Gasteiger partial charge in [0.1, 0.15) is 11.6 Å². The van der Waals surface area contributed by atoms with Crippen molar-refractivity contribution in [3.63, 3.8) is 0 Å². The number of rotatable bonds is 15. The van der Waals surface area contributed by atoms with Gasteiger partial charge in [-0.15, -0.1) is 0 Å². The third kappa shape index (κ3) is 10.4. The van der Waals surface area contributed by atoms with E-state index in [2.05, 4.69) is 52.6 Å². The maximum atomic E-state index is 6.68. The van der Waals surface area contributed by atoms with E-state index < -0.39 is 0 Å². The first-order valence-corrected chi connectivity index (χ1v) is 12.9. The second-order valence-corrected chi connectivity index (χ2v) is 9.07. The van der Waals surface area contributed by atoms with Crippen LogP contribution in [0.1, 0.15) is 45.2 Å². The molecule has 0 saturated heterocycles. The molecule has 0 aromatic carbocycles. The predicted octanol–water partition coefficient (Wildman–Crippen LogP) is 5.31. The Bertz CT molecular complexity index is 1220. The first-order chi connectivity index (χ1) is 18.5. The SMILES string of the molecule is C=C/C(C)=C/N=C(\C=C)c1ccnc(NC(/C=C(\N)NC(=C)/C=C(/C)N(C)C)=C(N)\C(=C\CC)NCC)c1C. The van der Waals surface area contributed by atoms with Crippen LogP contribution >= 0.6 is 0 Å². The molecule has 39 heavy (non-hydrogen) atoms. The maximum Gasteiger partial charge on any atom is 0.133 e. The molecule has 1 rings (SSSR count). The Morgan fingerprint density at radius 2 is 1.82 bits per heavy atom. The first-order valence-electron chi connectivity index (χ1n) is 12.9. The van der Waals surface area contributed by atoms with Gasteiger partial charge in [0.15, 0.2) is 0 Å². The molecule has 1 aromatic heterocycles. The van der Waals surface area contributed by atoms with Gasteiger partial charge in [-0.1, -0.05) is 38.8 Å². The molecule has 0 aliphatic heterocycles. The van der Waals surface area contributed by atoms with E-state index >= 15 is 0 Å². The van der Waals surface area contributed by atoms with Crippen LogP contribution in [-0.2, 0) is 0 Å². The van der Waals surface area contributed by atoms with Gasteiger partial charge in [-0.2, -0.15) is 0 Å². The van der Waals surface area contributed by atoms with E-state index in [-0.39, 0.29) is 0 Å². The fourth-order valence-corrected chi connectivity index (χ4v) is 3.32. The zero-order valence-electron chi connectivity index (χ0n) is 24.7. The lowest BCUT2D eigenvalue weighted by Gasteiger charge is -2.18. The average Bonchev–Trinajstić information content (AvgIpc) is 2.89. The van der Waals surface area contributed by atoms with E-state index in [1.54, 1.807) is 30.6 Å². The van der Waals surface area contributed by atoms with Gasteiger partial charge in [-0.25, -0.2) is 4.98 Å². The van der Waals surface area contributed by atoms with Gasteiger partial charge < -0.3 is 32.3 Å². The highest BCUT2D eigenvalue weighted by Crippen LogP contribution is 2.22. The molecule has 0 aliphatic rings. The van der Waals surface area contributed by atoms with Crippen molar-refractivity contribution in [1.29, 1.82) is 0 Å². The molecule has 210 valence electrons. The minimum atomic E-state index is 0.368. The summed E-state index contributed by atoms with van der Waals surface area (Å²) in [6.07, 6.45) is 13.4. The first kappa shape index (κ1) is 32.6. The topological polar surface area (TPSA) is 117 Å². The molecule has 1 aromatic rings. The van der Waals surface area contributed by atoms with E-state index in [4.69, 9.17) is 11.5 Å². The lowest BCUT2D eigenvalue weighted by Crippen LogP contribution is -2.24. The summed E-state index contributed by atoms with van der Waals surface area (Å²) in [5.41, 5.74) is 20.1. The van der Waals surface area contributed by atoms with Crippen LogP contribution in [0.5, 0.6) is 0 Å². The number of nitrogens with one attached hydrogen (secondary N) is 3. The van der Waals surface area contributed by atoms with E-state index in [0.717, 1.165) is 34.5 Å². The molecule has 0 unspecified atom stereocenters. The normalized spacial score (nSPS) is 13.9. The molecule has 0 radical (unpaired) electrons. The molecule has 7 N–H and O–H groups in total. The Morgan fingerprint density at radius 1 is 1.13 bits per heavy atom. The van der Waals surface area contributed by atoms with Crippen molar-refractivity contribution in [2.24, 2.45) is 16.5 Å². The minimum Gasteiger partial charge on any atom is -0.395 e. The van der Waals surface area contributed by atoms with Gasteiger partial charge in [-0.3, -0.25) is 4.99 Å². The van der Waals surface area contributed by atoms with Gasteiger partial charge >= 0.3 is 0 Å². The van der Waals surface area contributed by atoms with Gasteiger partial charge in [0.25, 0.3) is 0 Å². The minimum absolute atomic E-state index is 0.368. The molecule has 0 fully saturated rings. The molecule has 8 nitrogen and oxygen atoms in total. The molecule has 0 bridgehead atoms. The molecule has 1 heterocycles. The Balaban J connectivity index is 3.63. The second-order valence-electron chi connectivity index (χ2n) is 9.07. The van der Waals surface area contributed by atoms with E-state index in [1.165, 1.54) is 0 Å². The highest BCUT2D eigenvalue weighted by Gasteiger charge is 2.13. The van der Waals surface area contributed by atoms with Crippen LogP contribution in [0.15, 0.2) is 113 Å². The fourth-order valence-electron chi connectivity index (χ4n) is 3.32. The molecule has 0 saturated carbocycles. The molecule has 8 heteroatoms. The summed E-state index contributed by atoms with van der Waals surface area (Å²) in [6.45, 7) is 22.5. The fraction of sp³-hybridized carbons (Fsp3) is 0.290. The van der Waals surface area contributed by atoms with Crippen LogP contribution in [-0.4, -0.2) is 36.2 Å². The van der Waals surface area contributed by atoms with Crippen molar-refractivity contribution in [2.45, 2.75) is 41.0 Å². The Labute approximate surface area is 235 Å². The Hall–Kier alpha value is -4.46. The molecule has 0 atom stereocenters. The molecular weight excluding hydrogens is 484 g/mol. The van der Waals surface area contributed by atoms with Gasteiger partial charge in [0.05, 0.1) is 22.8 Å². The summed E-state index contributed by atoms with van der Waals surface area (Å²) in [5.74, 6) is 0.982. The average molecular weight is 531 g/mol. The lowest BCUT2D eigenvalue weighted by atomic mass is 10.1. The summed E-state index contributed by atoms with van der Waals surface area (Å²) >= 11 is 0. The lowest BCUT2D eigenvalue weighted by molar-refractivity contribution is 0.513. The zero-order chi connectivity index (χ0) is 29.5. The summed E-state index contributed by atoms with van der Waals surface area (Å²) in [5, 5.41) is 9.86. The van der Waals surface area contributed by atoms with Crippen molar-refractivity contribution in [3.8, 4) is 0 Å². The zero-order valence-corrected chi connectivity index (χ0v) is 24.7. The molecule has 0 aliphatic carbocycles. The van der Waals surface area contributed by atoms with Crippen LogP contribution < -0.4 is 27.4 Å². The number of aliphatic imine (C=N–C) groups is 1. The van der Waals surface area contributed by atoms with E-state index in [0.29, 0.717) is 41.0 Å². The summed E-state index contributed by atoms with van der Waals surface area (Å²) < 4.78 is 0. The largest absolute Gasteiger partial charge is 0.395 e. The molecule has 0 spiro atoms. The van der Waals surface area contributed by atoms with Crippen LogP contribution in [0, 0.1) is 6.92 Å². The van der Waals surface area contributed by atoms with Gasteiger partial charge in [-0.05, 0) is 57.9 Å². The number of hydrogen-bond donors (Lipinski definition) is 5. The van der Waals surface area contributed by atoms with E-state index in [1.807, 2.05) is 64.9 Å². The Kier molecular flexibility index (Phi) is 13.7. The standard InChI is InChI=1S/C31H46N8/c1-11-15-27(34-14-4)30(33)28(19-29(32)37-22(6)18-23(7)39(9)10)38-31-24(8)25(16-17-35-31)26(13-3)36-20-21(5)12-2/h12-13,15-20,34,37H,2-3,6,11,14,32-33H2,1,4-5,7-10H3,(H,35,38)/b21-20+,23-18-,27-15-,29-19+,30-28+,36-26+. The van der Waals surface area contributed by atoms with Gasteiger partial charge in [0.2, 0.25) is 0 Å². The smallest absolute Gasteiger partial charge is 0.133 e. The quantitative estimate of drug-likeness (QED) is 0.154. The van der Waals surface area contributed by atoms with Crippen molar-refractivity contribution in [3.05, 3.63) is 120 Å². The number of hydrogen-bond acceptors (Lipinski definition) is 8. The van der Waals surface area contributed by atoms with Crippen molar-refractivity contribution < 1.29 is 0 Å². The molecule has 0 amide bonds. The highest BCUT2D eigenvalue weighted by molar-refractivity contribution is 6.10. The third-order valence-electron chi connectivity index (χ3n) is 5.70. The summed E-state index contributed by atoms with van der Waals surface area (Å²) in [6, 6.07) is 1.90. The van der Waals surface area contributed by atoms with Crippen LogP contribution in [0.2, 0.25) is 0 Å². The van der Waals surface area contributed by atoms with Crippen LogP contribution in [0.4, 0.5) is 5.82 Å². The van der Waals surface area contributed by atoms with Crippen molar-refractivity contribution in [1.82, 2.24) is 20.5 Å². The molecular formula is C31H46N8. The van der Waals surface area contributed by atoms with Gasteiger partial charge in [0, 0.05) is 61.6 Å². The number of aromatic nitrogens is 1. The second kappa shape index (κ2) is 16.4. The number of allylic oxidation sites excluding steroid dienone is 7. The van der Waals surface area contributed by atoms with Crippen LogP contribution in [0.25, 0.3) is 0 Å². The number of nitrogens with zero attached hydrogens (tertiary/aromatic N) is 3. The van der Waals surface area contributed by atoms with E-state index in [9.17, 15) is 0 Å². The Morgan fingerprint density at radius 3 is 2.38 bits per heavy atom. The number of pyridine rings is 1. The number of nitrogens with two attached hydrogens (primary N) is 2. The predicted molar refractivity (Wildman–Crippen MR) is 169 cm³/mol. The number of anilines is 1. The van der Waals surface area contributed by atoms with Crippen molar-refractivity contribution in [2.75, 3.05) is 26.0 Å². The summed E-state index contributed by atoms with van der Waals surface area (Å²) in [7, 11) is 3.93. The highest BCUT2D eigenvalue weighted by atomic mass is 15.1. The third-order valence-corrected chi connectivity index (χ3v) is 5.70. The number of likely N-dealkylation sites (N-methyl/N-ethyl adjacent to an activating group) is 1. The van der Waals surface area contributed by atoms with Crippen LogP contribution in [0.3, 0.4) is 0 Å². The maximum absolute atomic E-state index is 6.68. The monoisotopic (exact) mass is 530 g/mol.